The predicted octanol–water partition coefficient (Wildman–Crippen LogP) is 2.32. The van der Waals surface area contributed by atoms with Crippen LogP contribution >= 0.6 is 0 Å². The van der Waals surface area contributed by atoms with Crippen molar-refractivity contribution in [2.24, 2.45) is 4.99 Å². The van der Waals surface area contributed by atoms with Crippen LogP contribution in [0.15, 0.2) is 35.3 Å². The van der Waals surface area contributed by atoms with Gasteiger partial charge in [0.1, 0.15) is 6.10 Å². The molecule has 0 spiro atoms. The molecule has 1 aliphatic rings. The number of rotatable bonds is 1. The lowest BCUT2D eigenvalue weighted by Crippen LogP contribution is -2.44. The molecule has 0 bridgehead atoms. The lowest BCUT2D eigenvalue weighted by Gasteiger charge is -2.36. The fourth-order valence-corrected chi connectivity index (χ4v) is 1.91. The van der Waals surface area contributed by atoms with Crippen LogP contribution in [0.5, 0.6) is 0 Å². The molecule has 16 heavy (non-hydrogen) atoms. The maximum absolute atomic E-state index is 10.0. The highest BCUT2D eigenvalue weighted by molar-refractivity contribution is 5.89. The van der Waals surface area contributed by atoms with E-state index in [4.69, 9.17) is 4.74 Å². The summed E-state index contributed by atoms with van der Waals surface area (Å²) in [6.45, 7) is 5.42. The van der Waals surface area contributed by atoms with Gasteiger partial charge in [0.25, 0.3) is 0 Å². The van der Waals surface area contributed by atoms with Crippen molar-refractivity contribution < 1.29 is 9.84 Å². The summed E-state index contributed by atoms with van der Waals surface area (Å²) < 4.78 is 5.71. The van der Waals surface area contributed by atoms with Crippen molar-refractivity contribution in [1.82, 2.24) is 0 Å². The number of benzene rings is 1. The molecule has 1 aromatic rings. The Kier molecular flexibility index (Phi) is 2.82. The molecule has 2 rings (SSSR count). The second-order valence-corrected chi connectivity index (χ2v) is 4.39. The first kappa shape index (κ1) is 11.3. The Morgan fingerprint density at radius 3 is 2.56 bits per heavy atom. The quantitative estimate of drug-likeness (QED) is 0.787. The van der Waals surface area contributed by atoms with Gasteiger partial charge in [0.2, 0.25) is 5.79 Å². The van der Waals surface area contributed by atoms with Crippen LogP contribution in [0.25, 0.3) is 0 Å². The van der Waals surface area contributed by atoms with Gasteiger partial charge in [0, 0.05) is 0 Å². The SMILES string of the molecule is CC1=N[C@H](C)[C@@H](c2ccccc2)O[C@]1(C)O. The molecule has 0 saturated carbocycles. The molecule has 86 valence electrons. The molecule has 1 aromatic carbocycles. The minimum Gasteiger partial charge on any atom is -0.361 e. The summed E-state index contributed by atoms with van der Waals surface area (Å²) in [5.74, 6) is -1.26. The zero-order chi connectivity index (χ0) is 11.8. The maximum Gasteiger partial charge on any atom is 0.202 e. The van der Waals surface area contributed by atoms with E-state index in [9.17, 15) is 5.11 Å². The van der Waals surface area contributed by atoms with Gasteiger partial charge in [-0.05, 0) is 26.3 Å². The van der Waals surface area contributed by atoms with Crippen LogP contribution in [-0.2, 0) is 4.74 Å². The highest BCUT2D eigenvalue weighted by Gasteiger charge is 2.37. The van der Waals surface area contributed by atoms with Crippen LogP contribution in [0.3, 0.4) is 0 Å². The number of aliphatic imine (C=N–C) groups is 1. The lowest BCUT2D eigenvalue weighted by molar-refractivity contribution is -0.184. The molecule has 0 aromatic heterocycles. The highest BCUT2D eigenvalue weighted by Crippen LogP contribution is 2.32. The van der Waals surface area contributed by atoms with Crippen molar-refractivity contribution in [3.8, 4) is 0 Å². The Morgan fingerprint density at radius 2 is 1.94 bits per heavy atom. The predicted molar refractivity (Wildman–Crippen MR) is 63.5 cm³/mol. The molecule has 0 saturated heterocycles. The van der Waals surface area contributed by atoms with E-state index in [1.807, 2.05) is 37.3 Å². The molecule has 0 radical (unpaired) electrons. The van der Waals surface area contributed by atoms with E-state index in [2.05, 4.69) is 4.99 Å². The van der Waals surface area contributed by atoms with E-state index in [1.54, 1.807) is 13.8 Å². The van der Waals surface area contributed by atoms with E-state index in [0.29, 0.717) is 5.71 Å². The Hall–Kier alpha value is -1.19. The molecule has 3 heteroatoms. The van der Waals surface area contributed by atoms with Crippen LogP contribution in [-0.4, -0.2) is 22.6 Å². The van der Waals surface area contributed by atoms with Crippen molar-refractivity contribution in [1.29, 1.82) is 0 Å². The molecule has 0 aliphatic carbocycles. The van der Waals surface area contributed by atoms with Crippen molar-refractivity contribution in [3.63, 3.8) is 0 Å². The van der Waals surface area contributed by atoms with E-state index in [-0.39, 0.29) is 12.1 Å². The van der Waals surface area contributed by atoms with E-state index in [1.165, 1.54) is 0 Å². The van der Waals surface area contributed by atoms with Gasteiger partial charge in [-0.2, -0.15) is 0 Å². The van der Waals surface area contributed by atoms with E-state index in [0.717, 1.165) is 5.56 Å². The first-order chi connectivity index (χ1) is 7.50. The van der Waals surface area contributed by atoms with Crippen molar-refractivity contribution >= 4 is 5.71 Å². The highest BCUT2D eigenvalue weighted by atomic mass is 16.6. The third-order valence-corrected chi connectivity index (χ3v) is 2.99. The summed E-state index contributed by atoms with van der Waals surface area (Å²) in [6, 6.07) is 9.91. The molecular formula is C13H17NO2. The third-order valence-electron chi connectivity index (χ3n) is 2.99. The van der Waals surface area contributed by atoms with Crippen molar-refractivity contribution in [3.05, 3.63) is 35.9 Å². The number of hydrogen-bond donors (Lipinski definition) is 1. The van der Waals surface area contributed by atoms with Crippen LogP contribution in [0.1, 0.15) is 32.4 Å². The second-order valence-electron chi connectivity index (χ2n) is 4.39. The second kappa shape index (κ2) is 4.00. The molecule has 3 atom stereocenters. The zero-order valence-electron chi connectivity index (χ0n) is 9.84. The standard InChI is InChI=1S/C13H17NO2/c1-9-12(11-7-5-4-6-8-11)16-13(3,15)10(2)14-9/h4-9,12,15H,1-3H3/t9-,12+,13+/m1/s1. The van der Waals surface area contributed by atoms with E-state index < -0.39 is 5.79 Å². The molecule has 1 heterocycles. The minimum absolute atomic E-state index is 0.0302. The van der Waals surface area contributed by atoms with Gasteiger partial charge in [-0.1, -0.05) is 30.3 Å². The summed E-state index contributed by atoms with van der Waals surface area (Å²) in [6.07, 6.45) is -0.181. The lowest BCUT2D eigenvalue weighted by atomic mass is 10.00. The van der Waals surface area contributed by atoms with Crippen LogP contribution < -0.4 is 0 Å². The zero-order valence-corrected chi connectivity index (χ0v) is 9.84. The van der Waals surface area contributed by atoms with Gasteiger partial charge < -0.3 is 9.84 Å². The number of ether oxygens (including phenoxy) is 1. The maximum atomic E-state index is 10.0. The van der Waals surface area contributed by atoms with Crippen LogP contribution in [0.4, 0.5) is 0 Å². The Morgan fingerprint density at radius 1 is 1.31 bits per heavy atom. The molecular weight excluding hydrogens is 202 g/mol. The average Bonchev–Trinajstić information content (AvgIpc) is 2.25. The summed E-state index contributed by atoms with van der Waals surface area (Å²) in [5, 5.41) is 10.0. The Labute approximate surface area is 95.8 Å². The van der Waals surface area contributed by atoms with Gasteiger partial charge in [0.15, 0.2) is 0 Å². The normalized spacial score (nSPS) is 34.6. The van der Waals surface area contributed by atoms with Gasteiger partial charge >= 0.3 is 0 Å². The summed E-state index contributed by atoms with van der Waals surface area (Å²) in [4.78, 5) is 4.43. The van der Waals surface area contributed by atoms with Crippen molar-refractivity contribution in [2.75, 3.05) is 0 Å². The smallest absolute Gasteiger partial charge is 0.202 e. The third kappa shape index (κ3) is 2.01. The minimum atomic E-state index is -1.26. The topological polar surface area (TPSA) is 41.8 Å². The molecule has 0 unspecified atom stereocenters. The van der Waals surface area contributed by atoms with Gasteiger partial charge in [-0.15, -0.1) is 0 Å². The van der Waals surface area contributed by atoms with Gasteiger partial charge in [0.05, 0.1) is 11.8 Å². The molecule has 1 aliphatic heterocycles. The molecule has 3 nitrogen and oxygen atoms in total. The summed E-state index contributed by atoms with van der Waals surface area (Å²) in [7, 11) is 0. The van der Waals surface area contributed by atoms with Gasteiger partial charge in [-0.3, -0.25) is 4.99 Å². The average molecular weight is 219 g/mol. The summed E-state index contributed by atoms with van der Waals surface area (Å²) in [5.41, 5.74) is 1.68. The number of hydrogen-bond acceptors (Lipinski definition) is 3. The fraction of sp³-hybridized carbons (Fsp3) is 0.462. The first-order valence-corrected chi connectivity index (χ1v) is 5.51. The molecule has 0 fully saturated rings. The van der Waals surface area contributed by atoms with Gasteiger partial charge in [-0.25, -0.2) is 0 Å². The van der Waals surface area contributed by atoms with Crippen LogP contribution in [0, 0.1) is 0 Å². The first-order valence-electron chi connectivity index (χ1n) is 5.51. The van der Waals surface area contributed by atoms with E-state index >= 15 is 0 Å². The number of aliphatic hydroxyl groups is 1. The Balaban J connectivity index is 2.32. The fourth-order valence-electron chi connectivity index (χ4n) is 1.91. The monoisotopic (exact) mass is 219 g/mol. The molecule has 1 N–H and O–H groups in total. The summed E-state index contributed by atoms with van der Waals surface area (Å²) >= 11 is 0. The Bertz CT molecular complexity index is 398. The number of nitrogens with zero attached hydrogens (tertiary/aromatic N) is 1. The molecule has 0 amide bonds. The van der Waals surface area contributed by atoms with Crippen LogP contribution in [0.2, 0.25) is 0 Å². The van der Waals surface area contributed by atoms with Crippen molar-refractivity contribution in [2.45, 2.75) is 38.7 Å². The largest absolute Gasteiger partial charge is 0.361 e.